The van der Waals surface area contributed by atoms with Crippen molar-refractivity contribution in [1.82, 2.24) is 0 Å². The van der Waals surface area contributed by atoms with E-state index in [9.17, 15) is 8.78 Å². The van der Waals surface area contributed by atoms with Gasteiger partial charge in [-0.3, -0.25) is 0 Å². The number of nitriles is 1. The summed E-state index contributed by atoms with van der Waals surface area (Å²) in [6, 6.07) is 3.72. The van der Waals surface area contributed by atoms with Gasteiger partial charge in [-0.05, 0) is 43.7 Å². The van der Waals surface area contributed by atoms with Crippen molar-refractivity contribution in [2.75, 3.05) is 0 Å². The van der Waals surface area contributed by atoms with Gasteiger partial charge in [-0.1, -0.05) is 6.92 Å². The summed E-state index contributed by atoms with van der Waals surface area (Å²) in [6.07, 6.45) is 3.55. The lowest BCUT2D eigenvalue weighted by Gasteiger charge is -2.27. The number of halogens is 2. The van der Waals surface area contributed by atoms with E-state index in [1.165, 1.54) is 0 Å². The number of benzene rings is 1. The molecule has 1 saturated carbocycles. The molecule has 0 unspecified atom stereocenters. The van der Waals surface area contributed by atoms with Gasteiger partial charge in [-0.15, -0.1) is 0 Å². The first-order valence-electron chi connectivity index (χ1n) is 6.16. The maximum Gasteiger partial charge on any atom is 0.191 e. The van der Waals surface area contributed by atoms with Crippen LogP contribution in [0, 0.1) is 28.9 Å². The average Bonchev–Trinajstić information content (AvgIpc) is 2.35. The molecule has 0 radical (unpaired) electrons. The first kappa shape index (κ1) is 12.8. The first-order valence-corrected chi connectivity index (χ1v) is 6.16. The quantitative estimate of drug-likeness (QED) is 0.801. The third-order valence-electron chi connectivity index (χ3n) is 3.37. The fraction of sp³-hybridized carbons (Fsp3) is 0.500. The maximum absolute atomic E-state index is 13.6. The summed E-state index contributed by atoms with van der Waals surface area (Å²) in [6.45, 7) is 2.17. The molecule has 0 aromatic heterocycles. The second kappa shape index (κ2) is 5.34. The lowest BCUT2D eigenvalue weighted by molar-refractivity contribution is 0.124. The van der Waals surface area contributed by atoms with Crippen molar-refractivity contribution in [2.45, 2.75) is 38.7 Å². The Kier molecular flexibility index (Phi) is 3.81. The fourth-order valence-corrected chi connectivity index (χ4v) is 2.25. The fourth-order valence-electron chi connectivity index (χ4n) is 2.25. The van der Waals surface area contributed by atoms with Crippen LogP contribution in [0.15, 0.2) is 12.1 Å². The SMILES string of the molecule is CC1CCC(Oc2c(F)cc(C#N)cc2F)CC1. The molecule has 1 aliphatic rings. The van der Waals surface area contributed by atoms with Gasteiger partial charge in [0.15, 0.2) is 17.4 Å². The van der Waals surface area contributed by atoms with E-state index in [0.717, 1.165) is 37.8 Å². The molecule has 1 aromatic rings. The van der Waals surface area contributed by atoms with Gasteiger partial charge in [-0.25, -0.2) is 8.78 Å². The van der Waals surface area contributed by atoms with Crippen LogP contribution in [0.2, 0.25) is 0 Å². The molecular formula is C14H15F2NO. The van der Waals surface area contributed by atoms with Crippen LogP contribution >= 0.6 is 0 Å². The van der Waals surface area contributed by atoms with Crippen molar-refractivity contribution in [1.29, 1.82) is 5.26 Å². The highest BCUT2D eigenvalue weighted by atomic mass is 19.1. The second-order valence-electron chi connectivity index (χ2n) is 4.88. The van der Waals surface area contributed by atoms with Crippen LogP contribution in [0.25, 0.3) is 0 Å². The molecule has 0 N–H and O–H groups in total. The molecule has 0 saturated heterocycles. The van der Waals surface area contributed by atoms with Gasteiger partial charge in [-0.2, -0.15) is 5.26 Å². The number of hydrogen-bond acceptors (Lipinski definition) is 2. The molecule has 1 aromatic carbocycles. The molecule has 2 rings (SSSR count). The second-order valence-corrected chi connectivity index (χ2v) is 4.88. The van der Waals surface area contributed by atoms with Gasteiger partial charge >= 0.3 is 0 Å². The van der Waals surface area contributed by atoms with Gasteiger partial charge in [0.05, 0.1) is 17.7 Å². The number of hydrogen-bond donors (Lipinski definition) is 0. The minimum Gasteiger partial charge on any atom is -0.484 e. The Balaban J connectivity index is 2.12. The lowest BCUT2D eigenvalue weighted by Crippen LogP contribution is -2.24. The van der Waals surface area contributed by atoms with E-state index in [-0.39, 0.29) is 17.4 Å². The van der Waals surface area contributed by atoms with Crippen LogP contribution in [0.1, 0.15) is 38.2 Å². The molecule has 1 aliphatic carbocycles. The zero-order chi connectivity index (χ0) is 13.1. The monoisotopic (exact) mass is 251 g/mol. The van der Waals surface area contributed by atoms with Gasteiger partial charge in [0.25, 0.3) is 0 Å². The zero-order valence-electron chi connectivity index (χ0n) is 10.2. The van der Waals surface area contributed by atoms with Crippen molar-refractivity contribution in [3.8, 4) is 11.8 Å². The molecular weight excluding hydrogens is 236 g/mol. The minimum atomic E-state index is -0.801. The van der Waals surface area contributed by atoms with Crippen molar-refractivity contribution in [3.05, 3.63) is 29.3 Å². The van der Waals surface area contributed by atoms with Gasteiger partial charge < -0.3 is 4.74 Å². The highest BCUT2D eigenvalue weighted by Gasteiger charge is 2.22. The largest absolute Gasteiger partial charge is 0.484 e. The molecule has 0 heterocycles. The topological polar surface area (TPSA) is 33.0 Å². The standard InChI is InChI=1S/C14H15F2NO/c1-9-2-4-11(5-3-9)18-14-12(15)6-10(8-17)7-13(14)16/h6-7,9,11H,2-5H2,1H3. The molecule has 0 atom stereocenters. The van der Waals surface area contributed by atoms with Crippen molar-refractivity contribution in [2.24, 2.45) is 5.92 Å². The Morgan fingerprint density at radius 2 is 1.72 bits per heavy atom. The summed E-state index contributed by atoms with van der Waals surface area (Å²) in [5, 5.41) is 8.60. The Morgan fingerprint density at radius 3 is 2.22 bits per heavy atom. The van der Waals surface area contributed by atoms with E-state index in [0.29, 0.717) is 5.92 Å². The molecule has 96 valence electrons. The zero-order valence-corrected chi connectivity index (χ0v) is 10.2. The summed E-state index contributed by atoms with van der Waals surface area (Å²) >= 11 is 0. The van der Waals surface area contributed by atoms with E-state index in [4.69, 9.17) is 10.00 Å². The van der Waals surface area contributed by atoms with E-state index in [2.05, 4.69) is 6.92 Å². The summed E-state index contributed by atoms with van der Waals surface area (Å²) < 4.78 is 32.6. The maximum atomic E-state index is 13.6. The number of rotatable bonds is 2. The van der Waals surface area contributed by atoms with Crippen LogP contribution in [0.3, 0.4) is 0 Å². The molecule has 4 heteroatoms. The molecule has 0 bridgehead atoms. The Bertz CT molecular complexity index is 450. The van der Waals surface area contributed by atoms with E-state index < -0.39 is 11.6 Å². The van der Waals surface area contributed by atoms with Crippen LogP contribution in [0.4, 0.5) is 8.78 Å². The summed E-state index contributed by atoms with van der Waals surface area (Å²) in [4.78, 5) is 0. The van der Waals surface area contributed by atoms with Crippen LogP contribution in [-0.2, 0) is 0 Å². The Morgan fingerprint density at radius 1 is 1.17 bits per heavy atom. The summed E-state index contributed by atoms with van der Waals surface area (Å²) in [7, 11) is 0. The third-order valence-corrected chi connectivity index (χ3v) is 3.37. The molecule has 0 amide bonds. The first-order chi connectivity index (χ1) is 8.60. The Labute approximate surface area is 105 Å². The van der Waals surface area contributed by atoms with Crippen molar-refractivity contribution >= 4 is 0 Å². The predicted octanol–water partition coefficient (Wildman–Crippen LogP) is 3.79. The molecule has 0 spiro atoms. The van der Waals surface area contributed by atoms with E-state index >= 15 is 0 Å². The normalized spacial score (nSPS) is 23.4. The summed E-state index contributed by atoms with van der Waals surface area (Å²) in [5.74, 6) is -1.30. The number of nitrogens with zero attached hydrogens (tertiary/aromatic N) is 1. The van der Waals surface area contributed by atoms with Crippen LogP contribution in [-0.4, -0.2) is 6.10 Å². The van der Waals surface area contributed by atoms with Gasteiger partial charge in [0, 0.05) is 0 Å². The smallest absolute Gasteiger partial charge is 0.191 e. The average molecular weight is 251 g/mol. The highest BCUT2D eigenvalue weighted by molar-refractivity contribution is 5.37. The minimum absolute atomic E-state index is 0.0328. The molecule has 0 aliphatic heterocycles. The third kappa shape index (κ3) is 2.79. The van der Waals surface area contributed by atoms with Crippen LogP contribution in [0.5, 0.6) is 5.75 Å². The molecule has 2 nitrogen and oxygen atoms in total. The van der Waals surface area contributed by atoms with Crippen LogP contribution < -0.4 is 4.74 Å². The molecule has 1 fully saturated rings. The van der Waals surface area contributed by atoms with Gasteiger partial charge in [0.2, 0.25) is 0 Å². The lowest BCUT2D eigenvalue weighted by atomic mass is 9.89. The van der Waals surface area contributed by atoms with E-state index in [1.807, 2.05) is 0 Å². The number of ether oxygens (including phenoxy) is 1. The Hall–Kier alpha value is -1.63. The summed E-state index contributed by atoms with van der Waals surface area (Å²) in [5.41, 5.74) is -0.0328. The molecule has 18 heavy (non-hydrogen) atoms. The van der Waals surface area contributed by atoms with Crippen molar-refractivity contribution in [3.63, 3.8) is 0 Å². The van der Waals surface area contributed by atoms with Gasteiger partial charge in [0.1, 0.15) is 0 Å². The highest BCUT2D eigenvalue weighted by Crippen LogP contribution is 2.30. The van der Waals surface area contributed by atoms with E-state index in [1.54, 1.807) is 6.07 Å². The predicted molar refractivity (Wildman–Crippen MR) is 63.1 cm³/mol. The van der Waals surface area contributed by atoms with Crippen molar-refractivity contribution < 1.29 is 13.5 Å².